The maximum absolute atomic E-state index is 15.4. The molecule has 0 aromatic heterocycles. The van der Waals surface area contributed by atoms with Gasteiger partial charge in [0.25, 0.3) is 0 Å². The number of likely N-dealkylation sites (N-methyl/N-ethyl adjacent to an activating group) is 2. The first-order valence-electron chi connectivity index (χ1n) is 22.1. The summed E-state index contributed by atoms with van der Waals surface area (Å²) in [6.45, 7) is 16.7. The topological polar surface area (TPSA) is 110 Å². The van der Waals surface area contributed by atoms with E-state index in [4.69, 9.17) is 23.7 Å². The molecule has 0 amide bonds. The SMILES string of the molecule is CCCO[C@]1(C)C[C@@H](C)CN(C)C([C@@H](CCC)OCc2ccccc2)COC(=O)[C@](C)(CCN(C)Cc2ccccc2)C(=O)[C@H](C)[C@H]1O[C@@H]1O[C@H](C)C[C@H](N(C)C)[C@H]1O. The minimum absolute atomic E-state index is 0.0641. The van der Waals surface area contributed by atoms with E-state index < -0.39 is 41.4 Å². The lowest BCUT2D eigenvalue weighted by molar-refractivity contribution is -0.298. The van der Waals surface area contributed by atoms with Gasteiger partial charge in [0.05, 0.1) is 36.6 Å². The Morgan fingerprint density at radius 3 is 2.20 bits per heavy atom. The molecule has 0 bridgehead atoms. The number of esters is 1. The van der Waals surface area contributed by atoms with Crippen molar-refractivity contribution in [2.24, 2.45) is 17.3 Å². The molecular weight excluding hydrogens is 747 g/mol. The van der Waals surface area contributed by atoms with Crippen LogP contribution in [0, 0.1) is 17.3 Å². The van der Waals surface area contributed by atoms with Gasteiger partial charge in [0.2, 0.25) is 0 Å². The number of ether oxygens (including phenoxy) is 5. The van der Waals surface area contributed by atoms with E-state index in [1.807, 2.05) is 83.2 Å². The van der Waals surface area contributed by atoms with Crippen molar-refractivity contribution in [3.8, 4) is 0 Å². The van der Waals surface area contributed by atoms with E-state index in [0.29, 0.717) is 45.7 Å². The Bertz CT molecular complexity index is 1550. The van der Waals surface area contributed by atoms with Crippen LogP contribution in [-0.2, 0) is 46.4 Å². The zero-order valence-corrected chi connectivity index (χ0v) is 38.1. The first kappa shape index (κ1) is 48.9. The van der Waals surface area contributed by atoms with Crippen LogP contribution in [0.4, 0.5) is 0 Å². The molecule has 2 heterocycles. The number of carbonyl (C=O) groups excluding carboxylic acids is 2. The monoisotopic (exact) mass is 824 g/mol. The summed E-state index contributed by atoms with van der Waals surface area (Å²) in [6, 6.07) is 19.8. The summed E-state index contributed by atoms with van der Waals surface area (Å²) in [5, 5.41) is 11.7. The molecule has 2 aromatic rings. The fourth-order valence-electron chi connectivity index (χ4n) is 9.21. The molecule has 11 heteroatoms. The third-order valence-corrected chi connectivity index (χ3v) is 12.6. The highest BCUT2D eigenvalue weighted by atomic mass is 16.7. The second-order valence-corrected chi connectivity index (χ2v) is 18.3. The number of nitrogens with zero attached hydrogens (tertiary/aromatic N) is 3. The van der Waals surface area contributed by atoms with Crippen LogP contribution in [0.2, 0.25) is 0 Å². The summed E-state index contributed by atoms with van der Waals surface area (Å²) < 4.78 is 33.2. The standard InChI is InChI=1S/C48H77N3O8/c1-12-20-41(55-32-38-23-18-15-19-24-38)40-33-56-46(54)47(6,25-26-50(10)31-37-21-16-14-17-22-37)43(53)36(5)44(48(7,57-27-13-2)29-34(3)30-51(40)11)59-45-42(52)39(49(8)9)28-35(4)58-45/h14-19,21-24,34-36,39-42,44-45,52H,12-13,20,25-33H2,1-11H3/t34-,35-,36+,39+,40?,41-,42-,44-,45+,47-,48-/m1/s1. The number of benzene rings is 2. The highest BCUT2D eigenvalue weighted by Gasteiger charge is 2.53. The van der Waals surface area contributed by atoms with Crippen molar-refractivity contribution in [1.29, 1.82) is 0 Å². The largest absolute Gasteiger partial charge is 0.463 e. The molecule has 332 valence electrons. The van der Waals surface area contributed by atoms with Crippen LogP contribution in [0.3, 0.4) is 0 Å². The minimum atomic E-state index is -1.53. The van der Waals surface area contributed by atoms with E-state index in [9.17, 15) is 9.90 Å². The number of hydrogen-bond donors (Lipinski definition) is 1. The Hall–Kier alpha value is -2.74. The summed E-state index contributed by atoms with van der Waals surface area (Å²) in [6.07, 6.45) is 0.573. The van der Waals surface area contributed by atoms with Crippen molar-refractivity contribution < 1.29 is 38.4 Å². The van der Waals surface area contributed by atoms with Crippen molar-refractivity contribution in [3.05, 3.63) is 71.8 Å². The summed E-state index contributed by atoms with van der Waals surface area (Å²) in [5.74, 6) is -1.61. The molecule has 1 N–H and O–H groups in total. The minimum Gasteiger partial charge on any atom is -0.463 e. The van der Waals surface area contributed by atoms with Gasteiger partial charge in [-0.15, -0.1) is 0 Å². The van der Waals surface area contributed by atoms with Gasteiger partial charge in [0.15, 0.2) is 12.1 Å². The van der Waals surface area contributed by atoms with Crippen molar-refractivity contribution in [2.45, 2.75) is 149 Å². The Labute approximate surface area is 356 Å². The number of aliphatic hydroxyl groups excluding tert-OH is 1. The fraction of sp³-hybridized carbons (Fsp3) is 0.708. The van der Waals surface area contributed by atoms with Crippen LogP contribution in [-0.4, -0.2) is 134 Å². The van der Waals surface area contributed by atoms with E-state index in [2.05, 4.69) is 61.9 Å². The summed E-state index contributed by atoms with van der Waals surface area (Å²) in [5.41, 5.74) is -0.306. The lowest BCUT2D eigenvalue weighted by Crippen LogP contribution is -2.60. The summed E-state index contributed by atoms with van der Waals surface area (Å²) in [7, 11) is 7.96. The molecule has 2 saturated heterocycles. The fourth-order valence-corrected chi connectivity index (χ4v) is 9.21. The van der Waals surface area contributed by atoms with E-state index in [0.717, 1.165) is 30.4 Å². The number of Topliss-reactive ketones (excluding diaryl/α,β-unsaturated/α-hetero) is 1. The molecule has 2 aromatic carbocycles. The Kier molecular flexibility index (Phi) is 19.0. The molecule has 4 rings (SSSR count). The molecule has 0 aliphatic carbocycles. The molecule has 0 saturated carbocycles. The zero-order chi connectivity index (χ0) is 43.3. The average Bonchev–Trinajstić information content (AvgIpc) is 3.21. The third-order valence-electron chi connectivity index (χ3n) is 12.6. The first-order chi connectivity index (χ1) is 28.0. The lowest BCUT2D eigenvalue weighted by Gasteiger charge is -2.47. The van der Waals surface area contributed by atoms with Crippen LogP contribution >= 0.6 is 0 Å². The number of ketones is 1. The smallest absolute Gasteiger partial charge is 0.319 e. The van der Waals surface area contributed by atoms with E-state index in [1.165, 1.54) is 0 Å². The van der Waals surface area contributed by atoms with Gasteiger partial charge < -0.3 is 38.6 Å². The molecule has 11 atom stereocenters. The van der Waals surface area contributed by atoms with Crippen molar-refractivity contribution in [1.82, 2.24) is 14.7 Å². The second kappa shape index (κ2) is 22.9. The Morgan fingerprint density at radius 2 is 1.59 bits per heavy atom. The molecule has 2 aliphatic rings. The quantitative estimate of drug-likeness (QED) is 0.132. The van der Waals surface area contributed by atoms with Gasteiger partial charge in [-0.05, 0) is 105 Å². The maximum Gasteiger partial charge on any atom is 0.319 e. The van der Waals surface area contributed by atoms with Crippen molar-refractivity contribution in [3.63, 3.8) is 0 Å². The van der Waals surface area contributed by atoms with Gasteiger partial charge in [-0.1, -0.05) is 94.8 Å². The molecule has 0 radical (unpaired) electrons. The van der Waals surface area contributed by atoms with E-state index in [-0.39, 0.29) is 49.0 Å². The molecular formula is C48H77N3O8. The normalized spacial score (nSPS) is 32.3. The van der Waals surface area contributed by atoms with Crippen LogP contribution in [0.25, 0.3) is 0 Å². The molecule has 0 spiro atoms. The van der Waals surface area contributed by atoms with Gasteiger partial charge >= 0.3 is 5.97 Å². The van der Waals surface area contributed by atoms with Crippen LogP contribution in [0.1, 0.15) is 98.1 Å². The maximum atomic E-state index is 15.4. The molecule has 2 aliphatic heterocycles. The van der Waals surface area contributed by atoms with Gasteiger partial charge in [0, 0.05) is 31.7 Å². The van der Waals surface area contributed by atoms with Gasteiger partial charge in [0.1, 0.15) is 18.1 Å². The third kappa shape index (κ3) is 13.4. The van der Waals surface area contributed by atoms with Crippen molar-refractivity contribution in [2.75, 3.05) is 54.5 Å². The Balaban J connectivity index is 1.78. The molecule has 11 nitrogen and oxygen atoms in total. The number of aliphatic hydroxyl groups is 1. The van der Waals surface area contributed by atoms with Gasteiger partial charge in [-0.25, -0.2) is 0 Å². The summed E-state index contributed by atoms with van der Waals surface area (Å²) in [4.78, 5) is 36.6. The predicted molar refractivity (Wildman–Crippen MR) is 233 cm³/mol. The zero-order valence-electron chi connectivity index (χ0n) is 38.1. The molecule has 59 heavy (non-hydrogen) atoms. The molecule has 2 fully saturated rings. The van der Waals surface area contributed by atoms with Gasteiger partial charge in [-0.2, -0.15) is 0 Å². The number of carbonyl (C=O) groups is 2. The number of hydrogen-bond acceptors (Lipinski definition) is 11. The highest BCUT2D eigenvalue weighted by Crippen LogP contribution is 2.40. The highest BCUT2D eigenvalue weighted by molar-refractivity contribution is 6.04. The first-order valence-corrected chi connectivity index (χ1v) is 22.1. The lowest BCUT2D eigenvalue weighted by atomic mass is 9.71. The molecule has 1 unspecified atom stereocenters. The second-order valence-electron chi connectivity index (χ2n) is 18.3. The summed E-state index contributed by atoms with van der Waals surface area (Å²) >= 11 is 0. The Morgan fingerprint density at radius 1 is 0.949 bits per heavy atom. The van der Waals surface area contributed by atoms with Crippen molar-refractivity contribution >= 4 is 11.8 Å². The predicted octanol–water partition coefficient (Wildman–Crippen LogP) is 6.99. The van der Waals surface area contributed by atoms with Gasteiger partial charge in [-0.3, -0.25) is 14.5 Å². The van der Waals surface area contributed by atoms with Crippen LogP contribution < -0.4 is 0 Å². The average molecular weight is 824 g/mol. The number of rotatable bonds is 17. The van der Waals surface area contributed by atoms with E-state index in [1.54, 1.807) is 6.92 Å². The van der Waals surface area contributed by atoms with E-state index >= 15 is 4.79 Å². The van der Waals surface area contributed by atoms with Crippen LogP contribution in [0.5, 0.6) is 0 Å². The van der Waals surface area contributed by atoms with Crippen LogP contribution in [0.15, 0.2) is 60.7 Å². The number of cyclic esters (lactones) is 1.